The molecule has 1 saturated carbocycles. The maximum Gasteiger partial charge on any atom is 0.124 e. The molecule has 1 aromatic heterocycles. The van der Waals surface area contributed by atoms with Crippen molar-refractivity contribution in [1.29, 1.82) is 0 Å². The van der Waals surface area contributed by atoms with E-state index in [-0.39, 0.29) is 0 Å². The lowest BCUT2D eigenvalue weighted by molar-refractivity contribution is 0.177. The molecule has 2 heterocycles. The molecule has 408 valence electrons. The number of nitrogen functional groups attached to an aromatic ring is 1. The van der Waals surface area contributed by atoms with Crippen LogP contribution in [0.25, 0.3) is 11.3 Å². The van der Waals surface area contributed by atoms with Crippen LogP contribution < -0.4 is 5.73 Å². The van der Waals surface area contributed by atoms with Crippen LogP contribution in [0.1, 0.15) is 339 Å². The number of hydrogen-bond acceptors (Lipinski definition) is 3. The molecule has 0 unspecified atom stereocenters. The van der Waals surface area contributed by atoms with Gasteiger partial charge in [-0.15, -0.1) is 0 Å². The van der Waals surface area contributed by atoms with Gasteiger partial charge in [-0.3, -0.25) is 0 Å². The molecule has 2 aliphatic rings. The molecule has 71 heavy (non-hydrogen) atoms. The maximum absolute atomic E-state index is 6.00. The van der Waals surface area contributed by atoms with Gasteiger partial charge in [0.1, 0.15) is 5.82 Å². The zero-order valence-electron chi connectivity index (χ0n) is 47.6. The number of hydrogen-bond donors (Lipinski definition) is 1. The van der Waals surface area contributed by atoms with E-state index in [1.165, 1.54) is 359 Å². The largest absolute Gasteiger partial charge is 0.384 e. The lowest BCUT2D eigenvalue weighted by Crippen LogP contribution is -2.32. The van der Waals surface area contributed by atoms with Gasteiger partial charge in [0.15, 0.2) is 0 Å². The Hall–Kier alpha value is -1.87. The Labute approximate surface area is 444 Å². The molecule has 1 spiro atoms. The van der Waals surface area contributed by atoms with Gasteiger partial charge in [-0.2, -0.15) is 0 Å². The summed E-state index contributed by atoms with van der Waals surface area (Å²) in [5, 5.41) is 0. The van der Waals surface area contributed by atoms with E-state index in [4.69, 9.17) is 5.73 Å². The van der Waals surface area contributed by atoms with Crippen molar-refractivity contribution in [2.45, 2.75) is 340 Å². The quantitative estimate of drug-likeness (QED) is 0.332. The molecule has 2 aromatic rings. The van der Waals surface area contributed by atoms with Crippen molar-refractivity contribution in [3.05, 3.63) is 48.0 Å². The summed E-state index contributed by atoms with van der Waals surface area (Å²) in [4.78, 5) is 7.44. The zero-order valence-corrected chi connectivity index (χ0v) is 47.6. The Balaban J connectivity index is 1.12. The first kappa shape index (κ1) is 61.7. The van der Waals surface area contributed by atoms with Crippen LogP contribution in [0.2, 0.25) is 0 Å². The molecule has 2 N–H and O–H groups in total. The highest BCUT2D eigenvalue weighted by atomic mass is 15.1. The lowest BCUT2D eigenvalue weighted by Gasteiger charge is -2.33. The minimum atomic E-state index is 0.592. The summed E-state index contributed by atoms with van der Waals surface area (Å²) in [6.45, 7) is 3.76. The van der Waals surface area contributed by atoms with Crippen LogP contribution in [-0.4, -0.2) is 29.5 Å². The van der Waals surface area contributed by atoms with Gasteiger partial charge in [0.2, 0.25) is 0 Å². The summed E-state index contributed by atoms with van der Waals surface area (Å²) in [7, 11) is 0. The van der Waals surface area contributed by atoms with E-state index in [1.807, 2.05) is 12.1 Å². The topological polar surface area (TPSA) is 42.1 Å². The van der Waals surface area contributed by atoms with Gasteiger partial charge in [-0.05, 0) is 74.7 Å². The second-order valence-electron chi connectivity index (χ2n) is 24.2. The third-order valence-corrected chi connectivity index (χ3v) is 17.8. The third kappa shape index (κ3) is 33.6. The van der Waals surface area contributed by atoms with Crippen molar-refractivity contribution in [3.8, 4) is 11.3 Å². The van der Waals surface area contributed by atoms with Gasteiger partial charge >= 0.3 is 0 Å². The number of pyridine rings is 1. The van der Waals surface area contributed by atoms with E-state index in [0.29, 0.717) is 11.2 Å². The first-order valence-corrected chi connectivity index (χ1v) is 32.8. The molecule has 0 atom stereocenters. The predicted octanol–water partition coefficient (Wildman–Crippen LogP) is 22.5. The first-order chi connectivity index (χ1) is 35.2. The van der Waals surface area contributed by atoms with Crippen molar-refractivity contribution in [1.82, 2.24) is 9.88 Å². The SMILES string of the molecule is Nc1cccc(-c2ccc(CCN3CCCCCCCCCCCCCCCCCCCCCCCCCCCCCCCCCCCCCCCCCCCCCCCCC4(CCCC4)CC3)cc2)n1. The van der Waals surface area contributed by atoms with Gasteiger partial charge in [0.25, 0.3) is 0 Å². The van der Waals surface area contributed by atoms with Crippen LogP contribution in [-0.2, 0) is 6.42 Å². The van der Waals surface area contributed by atoms with Crippen molar-refractivity contribution in [2.75, 3.05) is 25.4 Å². The highest BCUT2D eigenvalue weighted by Gasteiger charge is 2.33. The normalized spacial score (nSPS) is 22.6. The highest BCUT2D eigenvalue weighted by molar-refractivity contribution is 5.61. The van der Waals surface area contributed by atoms with Crippen LogP contribution in [0, 0.1) is 5.41 Å². The Morgan fingerprint density at radius 2 is 0.620 bits per heavy atom. The van der Waals surface area contributed by atoms with Crippen LogP contribution in [0.15, 0.2) is 42.5 Å². The minimum Gasteiger partial charge on any atom is -0.384 e. The van der Waals surface area contributed by atoms with Gasteiger partial charge in [0, 0.05) is 12.1 Å². The second kappa shape index (κ2) is 44.4. The molecule has 1 aliphatic carbocycles. The molecular formula is C68H121N3. The fourth-order valence-electron chi connectivity index (χ4n) is 12.8. The fraction of sp³-hybridized carbons (Fsp3) is 0.838. The predicted molar refractivity (Wildman–Crippen MR) is 317 cm³/mol. The number of nitrogens with two attached hydrogens (primary N) is 1. The standard InChI is InChI=1S/C68H121N3/c69-67-51-49-50-66(70-67)65-54-52-64(53-55-65)56-62-71-61-48-44-42-40-38-36-34-32-30-28-26-24-22-20-18-16-14-12-10-8-6-4-2-1-3-5-7-9-11-13-15-17-19-21-23-25-27-29-31-33-35-37-39-41-43-45-57-68(60-63-71)58-46-47-59-68/h49-55H,1-48,56-63H2,(H2,69,70). The number of aromatic nitrogens is 1. The van der Waals surface area contributed by atoms with E-state index in [0.717, 1.165) is 17.7 Å². The van der Waals surface area contributed by atoms with E-state index < -0.39 is 0 Å². The minimum absolute atomic E-state index is 0.592. The molecule has 1 saturated heterocycles. The molecule has 0 bridgehead atoms. The highest BCUT2D eigenvalue weighted by Crippen LogP contribution is 2.45. The summed E-state index contributed by atoms with van der Waals surface area (Å²) in [5.74, 6) is 0.592. The first-order valence-electron chi connectivity index (χ1n) is 32.8. The van der Waals surface area contributed by atoms with Gasteiger partial charge in [0.05, 0.1) is 5.69 Å². The summed E-state index contributed by atoms with van der Waals surface area (Å²) in [5.41, 5.74) is 10.2. The maximum atomic E-state index is 6.00. The third-order valence-electron chi connectivity index (χ3n) is 17.8. The van der Waals surface area contributed by atoms with Gasteiger partial charge < -0.3 is 10.6 Å². The Kier molecular flexibility index (Phi) is 38.6. The second-order valence-corrected chi connectivity index (χ2v) is 24.2. The molecular weight excluding hydrogens is 859 g/mol. The molecule has 3 heteroatoms. The summed E-state index contributed by atoms with van der Waals surface area (Å²) < 4.78 is 0. The van der Waals surface area contributed by atoms with Crippen LogP contribution in [0.4, 0.5) is 5.82 Å². The lowest BCUT2D eigenvalue weighted by atomic mass is 9.77. The molecule has 0 amide bonds. The number of benzene rings is 1. The van der Waals surface area contributed by atoms with Crippen LogP contribution in [0.5, 0.6) is 0 Å². The molecule has 3 nitrogen and oxygen atoms in total. The average molecular weight is 981 g/mol. The van der Waals surface area contributed by atoms with Gasteiger partial charge in [-0.1, -0.05) is 332 Å². The fourth-order valence-corrected chi connectivity index (χ4v) is 12.8. The monoisotopic (exact) mass is 980 g/mol. The van der Waals surface area contributed by atoms with Crippen molar-refractivity contribution < 1.29 is 0 Å². The molecule has 1 aromatic carbocycles. The Morgan fingerprint density at radius 1 is 0.324 bits per heavy atom. The summed E-state index contributed by atoms with van der Waals surface area (Å²) in [6, 6.07) is 15.1. The van der Waals surface area contributed by atoms with E-state index in [9.17, 15) is 0 Å². The Bertz CT molecular complexity index is 1430. The number of anilines is 1. The van der Waals surface area contributed by atoms with E-state index in [2.05, 4.69) is 40.2 Å². The van der Waals surface area contributed by atoms with Crippen molar-refractivity contribution >= 4 is 5.82 Å². The van der Waals surface area contributed by atoms with E-state index in [1.54, 1.807) is 0 Å². The van der Waals surface area contributed by atoms with Crippen molar-refractivity contribution in [2.24, 2.45) is 5.41 Å². The van der Waals surface area contributed by atoms with Gasteiger partial charge in [-0.25, -0.2) is 4.98 Å². The van der Waals surface area contributed by atoms with E-state index >= 15 is 0 Å². The van der Waals surface area contributed by atoms with Crippen LogP contribution in [0.3, 0.4) is 0 Å². The summed E-state index contributed by atoms with van der Waals surface area (Å²) >= 11 is 0. The zero-order chi connectivity index (χ0) is 49.6. The van der Waals surface area contributed by atoms with Crippen molar-refractivity contribution in [3.63, 3.8) is 0 Å². The summed E-state index contributed by atoms with van der Waals surface area (Å²) in [6.07, 6.45) is 77.8. The molecule has 2 fully saturated rings. The number of rotatable bonds is 4. The van der Waals surface area contributed by atoms with Crippen LogP contribution >= 0.6 is 0 Å². The smallest absolute Gasteiger partial charge is 0.124 e. The Morgan fingerprint density at radius 3 is 0.944 bits per heavy atom. The molecule has 4 rings (SSSR count). The molecule has 1 aliphatic heterocycles. The average Bonchev–Trinajstić information content (AvgIpc) is 3.86. The molecule has 0 radical (unpaired) electrons. The number of nitrogens with zero attached hydrogens (tertiary/aromatic N) is 2.